The van der Waals surface area contributed by atoms with Gasteiger partial charge in [-0.1, -0.05) is 0 Å². The Bertz CT molecular complexity index is 182. The fourth-order valence-corrected chi connectivity index (χ4v) is 0.754. The SMILES string of the molecule is COC(=O)N[C@@H](CCCO)C(=O)O. The summed E-state index contributed by atoms with van der Waals surface area (Å²) in [4.78, 5) is 21.1. The van der Waals surface area contributed by atoms with Gasteiger partial charge in [0.15, 0.2) is 0 Å². The number of carboxylic acids is 1. The van der Waals surface area contributed by atoms with Gasteiger partial charge >= 0.3 is 12.1 Å². The number of carboxylic acid groups (broad SMARTS) is 1. The summed E-state index contributed by atoms with van der Waals surface area (Å²) in [5.41, 5.74) is 0. The van der Waals surface area contributed by atoms with Crippen molar-refractivity contribution in [1.82, 2.24) is 5.32 Å². The highest BCUT2D eigenvalue weighted by molar-refractivity contribution is 5.79. The molecule has 0 aliphatic carbocycles. The molecule has 0 aromatic carbocycles. The van der Waals surface area contributed by atoms with Crippen molar-refractivity contribution in [2.24, 2.45) is 0 Å². The number of alkyl carbamates (subject to hydrolysis) is 1. The molecule has 0 unspecified atom stereocenters. The van der Waals surface area contributed by atoms with Crippen LogP contribution in [0.4, 0.5) is 4.79 Å². The van der Waals surface area contributed by atoms with E-state index in [4.69, 9.17) is 10.2 Å². The second-order valence-corrected chi connectivity index (χ2v) is 2.39. The molecular formula is C7H13NO5. The van der Waals surface area contributed by atoms with E-state index in [9.17, 15) is 9.59 Å². The summed E-state index contributed by atoms with van der Waals surface area (Å²) in [5.74, 6) is -1.14. The van der Waals surface area contributed by atoms with Crippen molar-refractivity contribution in [2.75, 3.05) is 13.7 Å². The van der Waals surface area contributed by atoms with Gasteiger partial charge < -0.3 is 20.3 Å². The number of carbonyl (C=O) groups is 2. The molecule has 0 radical (unpaired) electrons. The van der Waals surface area contributed by atoms with E-state index in [1.807, 2.05) is 0 Å². The molecule has 0 fully saturated rings. The molecule has 6 nitrogen and oxygen atoms in total. The summed E-state index contributed by atoms with van der Waals surface area (Å²) < 4.78 is 4.23. The third-order valence-corrected chi connectivity index (χ3v) is 1.43. The van der Waals surface area contributed by atoms with Crippen molar-refractivity contribution in [1.29, 1.82) is 0 Å². The molecule has 3 N–H and O–H groups in total. The van der Waals surface area contributed by atoms with Gasteiger partial charge in [0, 0.05) is 6.61 Å². The quantitative estimate of drug-likeness (QED) is 0.548. The summed E-state index contributed by atoms with van der Waals surface area (Å²) in [6.45, 7) is -0.105. The molecule has 0 aliphatic rings. The molecule has 1 atom stereocenters. The van der Waals surface area contributed by atoms with Crippen molar-refractivity contribution in [3.8, 4) is 0 Å². The lowest BCUT2D eigenvalue weighted by atomic mass is 10.1. The predicted octanol–water partition coefficient (Wildman–Crippen LogP) is -0.432. The van der Waals surface area contributed by atoms with Crippen molar-refractivity contribution < 1.29 is 24.5 Å². The Kier molecular flexibility index (Phi) is 5.62. The minimum atomic E-state index is -1.14. The number of aliphatic hydroxyl groups is 1. The third-order valence-electron chi connectivity index (χ3n) is 1.43. The van der Waals surface area contributed by atoms with Gasteiger partial charge in [0.25, 0.3) is 0 Å². The molecule has 1 amide bonds. The number of hydrogen-bond donors (Lipinski definition) is 3. The zero-order chi connectivity index (χ0) is 10.3. The second-order valence-electron chi connectivity index (χ2n) is 2.39. The molecule has 0 saturated carbocycles. The smallest absolute Gasteiger partial charge is 0.407 e. The standard InChI is InChI=1S/C7H13NO5/c1-13-7(12)8-5(6(10)11)3-2-4-9/h5,9H,2-4H2,1H3,(H,8,12)(H,10,11)/t5-/m0/s1. The van der Waals surface area contributed by atoms with Gasteiger partial charge in [-0.05, 0) is 12.8 Å². The van der Waals surface area contributed by atoms with Crippen LogP contribution in [0.25, 0.3) is 0 Å². The molecule has 0 aliphatic heterocycles. The van der Waals surface area contributed by atoms with Crippen LogP contribution in [-0.4, -0.2) is 42.0 Å². The lowest BCUT2D eigenvalue weighted by Gasteiger charge is -2.12. The first kappa shape index (κ1) is 11.7. The van der Waals surface area contributed by atoms with Crippen LogP contribution >= 0.6 is 0 Å². The van der Waals surface area contributed by atoms with Gasteiger partial charge in [-0.2, -0.15) is 0 Å². The Hall–Kier alpha value is -1.30. The fraction of sp³-hybridized carbons (Fsp3) is 0.714. The van der Waals surface area contributed by atoms with Crippen LogP contribution in [0.1, 0.15) is 12.8 Å². The molecule has 0 bridgehead atoms. The summed E-state index contributed by atoms with van der Waals surface area (Å²) in [6.07, 6.45) is -0.285. The van der Waals surface area contributed by atoms with Crippen LogP contribution < -0.4 is 5.32 Å². The van der Waals surface area contributed by atoms with Gasteiger partial charge in [-0.25, -0.2) is 9.59 Å². The van der Waals surface area contributed by atoms with Crippen molar-refractivity contribution in [3.05, 3.63) is 0 Å². The zero-order valence-electron chi connectivity index (χ0n) is 7.32. The number of methoxy groups -OCH3 is 1. The zero-order valence-corrected chi connectivity index (χ0v) is 7.32. The maximum atomic E-state index is 10.6. The van der Waals surface area contributed by atoms with Gasteiger partial charge in [0.05, 0.1) is 7.11 Å². The highest BCUT2D eigenvalue weighted by Gasteiger charge is 2.19. The Labute approximate surface area is 75.5 Å². The molecule has 0 heterocycles. The van der Waals surface area contributed by atoms with Gasteiger partial charge in [-0.15, -0.1) is 0 Å². The fourth-order valence-electron chi connectivity index (χ4n) is 0.754. The molecule has 0 rings (SSSR count). The van der Waals surface area contributed by atoms with Crippen LogP contribution in [0.15, 0.2) is 0 Å². The molecular weight excluding hydrogens is 178 g/mol. The van der Waals surface area contributed by atoms with Crippen LogP contribution in [-0.2, 0) is 9.53 Å². The Morgan fingerprint density at radius 3 is 2.54 bits per heavy atom. The normalized spacial score (nSPS) is 11.8. The molecule has 0 saturated heterocycles. The van der Waals surface area contributed by atoms with Gasteiger partial charge in [0.1, 0.15) is 6.04 Å². The molecule has 76 valence electrons. The van der Waals surface area contributed by atoms with E-state index < -0.39 is 18.1 Å². The average molecular weight is 191 g/mol. The molecule has 6 heteroatoms. The Morgan fingerprint density at radius 1 is 1.54 bits per heavy atom. The molecule has 0 aromatic rings. The maximum Gasteiger partial charge on any atom is 0.407 e. The molecule has 0 spiro atoms. The topological polar surface area (TPSA) is 95.9 Å². The van der Waals surface area contributed by atoms with E-state index in [-0.39, 0.29) is 13.0 Å². The van der Waals surface area contributed by atoms with E-state index in [2.05, 4.69) is 10.1 Å². The summed E-state index contributed by atoms with van der Waals surface area (Å²) >= 11 is 0. The number of aliphatic carboxylic acids is 1. The van der Waals surface area contributed by atoms with E-state index in [1.54, 1.807) is 0 Å². The predicted molar refractivity (Wildman–Crippen MR) is 43.3 cm³/mol. The number of aliphatic hydroxyl groups excluding tert-OH is 1. The van der Waals surface area contributed by atoms with Crippen molar-refractivity contribution in [2.45, 2.75) is 18.9 Å². The first-order chi connectivity index (χ1) is 6.11. The lowest BCUT2D eigenvalue weighted by molar-refractivity contribution is -0.139. The van der Waals surface area contributed by atoms with Crippen molar-refractivity contribution >= 4 is 12.1 Å². The molecule has 0 aromatic heterocycles. The maximum absolute atomic E-state index is 10.6. The first-order valence-corrected chi connectivity index (χ1v) is 3.80. The Morgan fingerprint density at radius 2 is 2.15 bits per heavy atom. The summed E-state index contributed by atoms with van der Waals surface area (Å²) in [5, 5.41) is 19.2. The lowest BCUT2D eigenvalue weighted by Crippen LogP contribution is -2.40. The minimum absolute atomic E-state index is 0.105. The molecule has 13 heavy (non-hydrogen) atoms. The van der Waals surface area contributed by atoms with E-state index in [1.165, 1.54) is 0 Å². The number of hydrogen-bond acceptors (Lipinski definition) is 4. The third kappa shape index (κ3) is 5.02. The number of rotatable bonds is 5. The van der Waals surface area contributed by atoms with E-state index in [0.717, 1.165) is 7.11 Å². The monoisotopic (exact) mass is 191 g/mol. The number of carbonyl (C=O) groups excluding carboxylic acids is 1. The van der Waals surface area contributed by atoms with Crippen LogP contribution in [0.3, 0.4) is 0 Å². The van der Waals surface area contributed by atoms with Crippen LogP contribution in [0.5, 0.6) is 0 Å². The van der Waals surface area contributed by atoms with E-state index in [0.29, 0.717) is 6.42 Å². The van der Waals surface area contributed by atoms with Crippen molar-refractivity contribution in [3.63, 3.8) is 0 Å². The van der Waals surface area contributed by atoms with Gasteiger partial charge in [-0.3, -0.25) is 0 Å². The van der Waals surface area contributed by atoms with Gasteiger partial charge in [0.2, 0.25) is 0 Å². The number of ether oxygens (including phenoxy) is 1. The summed E-state index contributed by atoms with van der Waals surface area (Å²) in [7, 11) is 1.15. The largest absolute Gasteiger partial charge is 0.480 e. The minimum Gasteiger partial charge on any atom is -0.480 e. The van der Waals surface area contributed by atoms with E-state index >= 15 is 0 Å². The highest BCUT2D eigenvalue weighted by atomic mass is 16.5. The Balaban J connectivity index is 3.94. The average Bonchev–Trinajstić information content (AvgIpc) is 2.11. The van der Waals surface area contributed by atoms with Crippen LogP contribution in [0.2, 0.25) is 0 Å². The first-order valence-electron chi connectivity index (χ1n) is 3.80. The number of nitrogens with one attached hydrogen (secondary N) is 1. The number of amides is 1. The highest BCUT2D eigenvalue weighted by Crippen LogP contribution is 1.97. The second kappa shape index (κ2) is 6.24. The van der Waals surface area contributed by atoms with Crippen LogP contribution in [0, 0.1) is 0 Å². The summed E-state index contributed by atoms with van der Waals surface area (Å²) in [6, 6.07) is -1.00.